The predicted molar refractivity (Wildman–Crippen MR) is 79.4 cm³/mol. The molecule has 2 saturated heterocycles. The number of hydrogen-bond acceptors (Lipinski definition) is 4. The second-order valence-corrected chi connectivity index (χ2v) is 6.19. The van der Waals surface area contributed by atoms with Crippen LogP contribution in [0.3, 0.4) is 0 Å². The SMILES string of the molecule is NC(=O)C1CCN(C(=O)CN2CCCCC2CCO)CC1. The van der Waals surface area contributed by atoms with Crippen LogP contribution < -0.4 is 5.73 Å². The van der Waals surface area contributed by atoms with E-state index in [0.29, 0.717) is 38.5 Å². The zero-order valence-corrected chi connectivity index (χ0v) is 12.7. The lowest BCUT2D eigenvalue weighted by atomic mass is 9.96. The molecule has 0 radical (unpaired) electrons. The van der Waals surface area contributed by atoms with E-state index in [1.807, 2.05) is 4.90 Å². The Balaban J connectivity index is 1.82. The molecule has 120 valence electrons. The van der Waals surface area contributed by atoms with Crippen molar-refractivity contribution in [3.63, 3.8) is 0 Å². The van der Waals surface area contributed by atoms with Crippen molar-refractivity contribution in [3.8, 4) is 0 Å². The van der Waals surface area contributed by atoms with Crippen LogP contribution in [-0.4, -0.2) is 65.5 Å². The van der Waals surface area contributed by atoms with Gasteiger partial charge >= 0.3 is 0 Å². The summed E-state index contributed by atoms with van der Waals surface area (Å²) in [5.74, 6) is -0.185. The summed E-state index contributed by atoms with van der Waals surface area (Å²) in [5.41, 5.74) is 5.32. The minimum absolute atomic E-state index is 0.0776. The first-order valence-electron chi connectivity index (χ1n) is 8.04. The molecule has 2 aliphatic heterocycles. The molecule has 2 aliphatic rings. The summed E-state index contributed by atoms with van der Waals surface area (Å²) in [6.07, 6.45) is 5.48. The molecule has 0 aromatic carbocycles. The fourth-order valence-electron chi connectivity index (χ4n) is 3.43. The molecule has 0 aromatic rings. The van der Waals surface area contributed by atoms with Crippen LogP contribution in [0.15, 0.2) is 0 Å². The van der Waals surface area contributed by atoms with Gasteiger partial charge in [-0.1, -0.05) is 6.42 Å². The van der Waals surface area contributed by atoms with Gasteiger partial charge in [-0.25, -0.2) is 0 Å². The minimum Gasteiger partial charge on any atom is -0.396 e. The molecule has 2 rings (SSSR count). The molecule has 0 bridgehead atoms. The fraction of sp³-hybridized carbons (Fsp3) is 0.867. The second-order valence-electron chi connectivity index (χ2n) is 6.19. The largest absolute Gasteiger partial charge is 0.396 e. The third-order valence-electron chi connectivity index (χ3n) is 4.80. The molecular formula is C15H27N3O3. The Bertz CT molecular complexity index is 365. The van der Waals surface area contributed by atoms with Crippen LogP contribution in [0.2, 0.25) is 0 Å². The highest BCUT2D eigenvalue weighted by Gasteiger charge is 2.29. The molecule has 0 saturated carbocycles. The highest BCUT2D eigenvalue weighted by molar-refractivity contribution is 5.80. The van der Waals surface area contributed by atoms with Crippen LogP contribution in [0.1, 0.15) is 38.5 Å². The maximum absolute atomic E-state index is 12.4. The molecule has 2 heterocycles. The summed E-state index contributed by atoms with van der Waals surface area (Å²) >= 11 is 0. The van der Waals surface area contributed by atoms with Crippen LogP contribution in [-0.2, 0) is 9.59 Å². The third-order valence-corrected chi connectivity index (χ3v) is 4.80. The smallest absolute Gasteiger partial charge is 0.236 e. The summed E-state index contributed by atoms with van der Waals surface area (Å²) < 4.78 is 0. The van der Waals surface area contributed by atoms with E-state index in [-0.39, 0.29) is 24.3 Å². The number of nitrogens with two attached hydrogens (primary N) is 1. The number of likely N-dealkylation sites (tertiary alicyclic amines) is 2. The number of rotatable bonds is 5. The molecule has 2 fully saturated rings. The van der Waals surface area contributed by atoms with Gasteiger partial charge in [0.2, 0.25) is 11.8 Å². The standard InChI is InChI=1S/C15H27N3O3/c16-15(21)12-4-8-17(9-5-12)14(20)11-18-7-2-1-3-13(18)6-10-19/h12-13,19H,1-11H2,(H2,16,21). The number of primary amides is 1. The van der Waals surface area contributed by atoms with Crippen LogP contribution in [0, 0.1) is 5.92 Å². The lowest BCUT2D eigenvalue weighted by molar-refractivity contribution is -0.136. The highest BCUT2D eigenvalue weighted by Crippen LogP contribution is 2.21. The number of aliphatic hydroxyl groups excluding tert-OH is 1. The summed E-state index contributed by atoms with van der Waals surface area (Å²) in [7, 11) is 0. The van der Waals surface area contributed by atoms with Crippen molar-refractivity contribution in [1.29, 1.82) is 0 Å². The third kappa shape index (κ3) is 4.41. The quantitative estimate of drug-likeness (QED) is 0.745. The molecule has 0 aliphatic carbocycles. The van der Waals surface area contributed by atoms with Gasteiger partial charge in [-0.15, -0.1) is 0 Å². The maximum atomic E-state index is 12.4. The molecule has 1 atom stereocenters. The molecule has 1 unspecified atom stereocenters. The Hall–Kier alpha value is -1.14. The normalized spacial score (nSPS) is 25.0. The Morgan fingerprint density at radius 1 is 1.10 bits per heavy atom. The first kappa shape index (κ1) is 16.2. The first-order valence-corrected chi connectivity index (χ1v) is 8.04. The van der Waals surface area contributed by atoms with Crippen molar-refractivity contribution < 1.29 is 14.7 Å². The number of amides is 2. The number of carbonyl (C=O) groups is 2. The van der Waals surface area contributed by atoms with Gasteiger partial charge in [0.15, 0.2) is 0 Å². The molecule has 3 N–H and O–H groups in total. The van der Waals surface area contributed by atoms with Gasteiger partial charge in [-0.3, -0.25) is 14.5 Å². The lowest BCUT2D eigenvalue weighted by Gasteiger charge is -2.37. The van der Waals surface area contributed by atoms with Crippen molar-refractivity contribution in [2.24, 2.45) is 11.7 Å². The van der Waals surface area contributed by atoms with Crippen molar-refractivity contribution in [2.45, 2.75) is 44.6 Å². The zero-order valence-electron chi connectivity index (χ0n) is 12.7. The average molecular weight is 297 g/mol. The van der Waals surface area contributed by atoms with E-state index in [0.717, 1.165) is 25.8 Å². The number of nitrogens with zero attached hydrogens (tertiary/aromatic N) is 2. The number of piperidine rings is 2. The number of hydrogen-bond donors (Lipinski definition) is 2. The molecule has 0 spiro atoms. The van der Waals surface area contributed by atoms with Gasteiger partial charge in [0.25, 0.3) is 0 Å². The first-order chi connectivity index (χ1) is 10.1. The van der Waals surface area contributed by atoms with E-state index in [1.54, 1.807) is 0 Å². The van der Waals surface area contributed by atoms with Gasteiger partial charge < -0.3 is 15.7 Å². The van der Waals surface area contributed by atoms with Gasteiger partial charge in [-0.2, -0.15) is 0 Å². The predicted octanol–water partition coefficient (Wildman–Crippen LogP) is -0.0528. The van der Waals surface area contributed by atoms with E-state index < -0.39 is 0 Å². The topological polar surface area (TPSA) is 86.9 Å². The molecular weight excluding hydrogens is 270 g/mol. The zero-order chi connectivity index (χ0) is 15.2. The molecule has 6 nitrogen and oxygen atoms in total. The van der Waals surface area contributed by atoms with Crippen LogP contribution in [0.4, 0.5) is 0 Å². The van der Waals surface area contributed by atoms with Crippen molar-refractivity contribution in [1.82, 2.24) is 9.80 Å². The summed E-state index contributed by atoms with van der Waals surface area (Å²) in [6, 6.07) is 0.329. The summed E-state index contributed by atoms with van der Waals surface area (Å²) in [5, 5.41) is 9.13. The van der Waals surface area contributed by atoms with Crippen LogP contribution in [0.5, 0.6) is 0 Å². The van der Waals surface area contributed by atoms with Crippen molar-refractivity contribution in [2.75, 3.05) is 32.8 Å². The Morgan fingerprint density at radius 2 is 1.81 bits per heavy atom. The van der Waals surface area contributed by atoms with Crippen molar-refractivity contribution >= 4 is 11.8 Å². The van der Waals surface area contributed by atoms with E-state index in [9.17, 15) is 9.59 Å². The molecule has 2 amide bonds. The van der Waals surface area contributed by atoms with Gasteiger partial charge in [0, 0.05) is 31.7 Å². The fourth-order valence-corrected chi connectivity index (χ4v) is 3.43. The molecule has 6 heteroatoms. The summed E-state index contributed by atoms with van der Waals surface area (Å²) in [6.45, 7) is 2.81. The van der Waals surface area contributed by atoms with Crippen molar-refractivity contribution in [3.05, 3.63) is 0 Å². The average Bonchev–Trinajstić information content (AvgIpc) is 2.49. The number of carbonyl (C=O) groups excluding carboxylic acids is 2. The van der Waals surface area contributed by atoms with E-state index in [4.69, 9.17) is 10.8 Å². The minimum atomic E-state index is -0.249. The molecule has 21 heavy (non-hydrogen) atoms. The van der Waals surface area contributed by atoms with E-state index in [1.165, 1.54) is 6.42 Å². The Labute approximate surface area is 126 Å². The van der Waals surface area contributed by atoms with Gasteiger partial charge in [-0.05, 0) is 38.6 Å². The molecule has 0 aromatic heterocycles. The number of aliphatic hydroxyl groups is 1. The van der Waals surface area contributed by atoms with E-state index >= 15 is 0 Å². The summed E-state index contributed by atoms with van der Waals surface area (Å²) in [4.78, 5) is 27.6. The van der Waals surface area contributed by atoms with Gasteiger partial charge in [0.05, 0.1) is 6.54 Å². The lowest BCUT2D eigenvalue weighted by Crippen LogP contribution is -2.49. The van der Waals surface area contributed by atoms with E-state index in [2.05, 4.69) is 4.90 Å². The second kappa shape index (κ2) is 7.75. The maximum Gasteiger partial charge on any atom is 0.236 e. The van der Waals surface area contributed by atoms with Crippen LogP contribution in [0.25, 0.3) is 0 Å². The monoisotopic (exact) mass is 297 g/mol. The Morgan fingerprint density at radius 3 is 2.43 bits per heavy atom. The van der Waals surface area contributed by atoms with Gasteiger partial charge in [0.1, 0.15) is 0 Å². The Kier molecular flexibility index (Phi) is 5.99. The van der Waals surface area contributed by atoms with Crippen LogP contribution >= 0.6 is 0 Å². The highest BCUT2D eigenvalue weighted by atomic mass is 16.3.